The molecule has 0 aliphatic carbocycles. The SMILES string of the molecule is Cc1ccc(-n2cc(B3OC(C)(C)C(C)(C)O3)cn2)c(Cl)c1. The first-order chi connectivity index (χ1) is 10.2. The molecule has 1 aliphatic heterocycles. The van der Waals surface area contributed by atoms with Crippen LogP contribution in [-0.2, 0) is 9.31 Å². The predicted octanol–water partition coefficient (Wildman–Crippen LogP) is 3.13. The lowest BCUT2D eigenvalue weighted by Crippen LogP contribution is -2.41. The maximum Gasteiger partial charge on any atom is 0.498 e. The van der Waals surface area contributed by atoms with Crippen molar-refractivity contribution in [3.63, 3.8) is 0 Å². The van der Waals surface area contributed by atoms with Crippen molar-refractivity contribution >= 4 is 24.2 Å². The van der Waals surface area contributed by atoms with E-state index in [2.05, 4.69) is 5.10 Å². The Morgan fingerprint density at radius 3 is 2.36 bits per heavy atom. The summed E-state index contributed by atoms with van der Waals surface area (Å²) in [6.45, 7) is 10.2. The van der Waals surface area contributed by atoms with Crippen molar-refractivity contribution in [3.8, 4) is 5.69 Å². The highest BCUT2D eigenvalue weighted by atomic mass is 35.5. The number of rotatable bonds is 2. The van der Waals surface area contributed by atoms with E-state index in [1.807, 2.05) is 59.0 Å². The minimum atomic E-state index is -0.414. The first-order valence-corrected chi connectivity index (χ1v) is 7.74. The average molecular weight is 319 g/mol. The fourth-order valence-electron chi connectivity index (χ4n) is 2.37. The molecule has 2 aromatic rings. The maximum atomic E-state index is 6.30. The molecule has 22 heavy (non-hydrogen) atoms. The molecule has 1 fully saturated rings. The van der Waals surface area contributed by atoms with E-state index < -0.39 is 7.12 Å². The fraction of sp³-hybridized carbons (Fsp3) is 0.438. The van der Waals surface area contributed by atoms with Gasteiger partial charge in [-0.05, 0) is 52.3 Å². The van der Waals surface area contributed by atoms with E-state index in [4.69, 9.17) is 20.9 Å². The summed E-state index contributed by atoms with van der Waals surface area (Å²) in [5, 5.41) is 5.06. The standard InChI is InChI=1S/C16H20BClN2O2/c1-11-6-7-14(13(18)8-11)20-10-12(9-19-20)17-21-15(2,3)16(4,5)22-17/h6-10H,1-5H3. The van der Waals surface area contributed by atoms with Gasteiger partial charge in [-0.15, -0.1) is 0 Å². The normalized spacial score (nSPS) is 19.6. The molecule has 1 aliphatic rings. The highest BCUT2D eigenvalue weighted by Crippen LogP contribution is 2.36. The summed E-state index contributed by atoms with van der Waals surface area (Å²) in [4.78, 5) is 0. The van der Waals surface area contributed by atoms with Crippen LogP contribution < -0.4 is 5.46 Å². The van der Waals surface area contributed by atoms with E-state index in [0.717, 1.165) is 16.7 Å². The Hall–Kier alpha value is -1.30. The molecule has 6 heteroatoms. The molecule has 0 spiro atoms. The number of hydrogen-bond acceptors (Lipinski definition) is 3. The summed E-state index contributed by atoms with van der Waals surface area (Å²) in [6.07, 6.45) is 3.66. The van der Waals surface area contributed by atoms with Gasteiger partial charge in [0, 0.05) is 17.9 Å². The molecule has 1 aromatic heterocycles. The second-order valence-electron chi connectivity index (χ2n) is 6.76. The second kappa shape index (κ2) is 5.12. The Kier molecular flexibility index (Phi) is 3.63. The molecule has 0 atom stereocenters. The number of benzene rings is 1. The van der Waals surface area contributed by atoms with Gasteiger partial charge in [0.1, 0.15) is 0 Å². The molecule has 0 N–H and O–H groups in total. The predicted molar refractivity (Wildman–Crippen MR) is 89.0 cm³/mol. The number of nitrogens with zero attached hydrogens (tertiary/aromatic N) is 2. The lowest BCUT2D eigenvalue weighted by atomic mass is 9.82. The summed E-state index contributed by atoms with van der Waals surface area (Å²) < 4.78 is 13.8. The Labute approximate surface area is 136 Å². The van der Waals surface area contributed by atoms with E-state index >= 15 is 0 Å². The van der Waals surface area contributed by atoms with E-state index in [9.17, 15) is 0 Å². The molecule has 116 valence electrons. The Bertz CT molecular complexity index is 696. The van der Waals surface area contributed by atoms with Crippen LogP contribution in [0.1, 0.15) is 33.3 Å². The summed E-state index contributed by atoms with van der Waals surface area (Å²) >= 11 is 6.30. The lowest BCUT2D eigenvalue weighted by molar-refractivity contribution is 0.00578. The van der Waals surface area contributed by atoms with Crippen LogP contribution in [0.2, 0.25) is 5.02 Å². The van der Waals surface area contributed by atoms with E-state index in [-0.39, 0.29) is 11.2 Å². The minimum Gasteiger partial charge on any atom is -0.399 e. The number of halogens is 1. The summed E-state index contributed by atoms with van der Waals surface area (Å²) in [5.41, 5.74) is 2.13. The van der Waals surface area contributed by atoms with Gasteiger partial charge in [-0.2, -0.15) is 5.10 Å². The third-order valence-corrected chi connectivity index (χ3v) is 4.78. The van der Waals surface area contributed by atoms with Crippen molar-refractivity contribution < 1.29 is 9.31 Å². The molecule has 1 saturated heterocycles. The maximum absolute atomic E-state index is 6.30. The van der Waals surface area contributed by atoms with Crippen LogP contribution in [0.3, 0.4) is 0 Å². The number of aryl methyl sites for hydroxylation is 1. The third kappa shape index (κ3) is 2.58. The molecular formula is C16H20BClN2O2. The van der Waals surface area contributed by atoms with E-state index in [1.165, 1.54) is 0 Å². The summed E-state index contributed by atoms with van der Waals surface area (Å²) in [7, 11) is -0.414. The van der Waals surface area contributed by atoms with Gasteiger partial charge in [0.05, 0.1) is 21.9 Å². The van der Waals surface area contributed by atoms with Gasteiger partial charge in [-0.1, -0.05) is 17.7 Å². The molecule has 2 heterocycles. The van der Waals surface area contributed by atoms with Crippen LogP contribution in [0.15, 0.2) is 30.6 Å². The quantitative estimate of drug-likeness (QED) is 0.798. The van der Waals surface area contributed by atoms with Gasteiger partial charge in [0.2, 0.25) is 0 Å². The third-order valence-electron chi connectivity index (χ3n) is 4.48. The van der Waals surface area contributed by atoms with Crippen molar-refractivity contribution in [3.05, 3.63) is 41.2 Å². The Morgan fingerprint density at radius 2 is 1.77 bits per heavy atom. The van der Waals surface area contributed by atoms with Crippen LogP contribution >= 0.6 is 11.6 Å². The molecular weight excluding hydrogens is 298 g/mol. The molecule has 3 rings (SSSR count). The molecule has 0 radical (unpaired) electrons. The van der Waals surface area contributed by atoms with Gasteiger partial charge in [-0.25, -0.2) is 4.68 Å². The zero-order valence-electron chi connectivity index (χ0n) is 13.6. The van der Waals surface area contributed by atoms with Gasteiger partial charge in [0.15, 0.2) is 0 Å². The Morgan fingerprint density at radius 1 is 1.14 bits per heavy atom. The summed E-state index contributed by atoms with van der Waals surface area (Å²) in [6, 6.07) is 5.89. The first-order valence-electron chi connectivity index (χ1n) is 7.36. The van der Waals surface area contributed by atoms with Gasteiger partial charge in [-0.3, -0.25) is 0 Å². The van der Waals surface area contributed by atoms with Crippen LogP contribution in [-0.4, -0.2) is 28.1 Å². The molecule has 0 unspecified atom stereocenters. The first kappa shape index (κ1) is 15.6. The van der Waals surface area contributed by atoms with Crippen molar-refractivity contribution in [2.75, 3.05) is 0 Å². The van der Waals surface area contributed by atoms with E-state index in [1.54, 1.807) is 10.9 Å². The van der Waals surface area contributed by atoms with Gasteiger partial charge >= 0.3 is 7.12 Å². The summed E-state index contributed by atoms with van der Waals surface area (Å²) in [5.74, 6) is 0. The average Bonchev–Trinajstić information content (AvgIpc) is 2.93. The molecule has 1 aromatic carbocycles. The second-order valence-corrected chi connectivity index (χ2v) is 7.17. The zero-order valence-corrected chi connectivity index (χ0v) is 14.3. The van der Waals surface area contributed by atoms with Crippen LogP contribution in [0.5, 0.6) is 0 Å². The molecule has 0 amide bonds. The molecule has 4 nitrogen and oxygen atoms in total. The monoisotopic (exact) mass is 318 g/mol. The minimum absolute atomic E-state index is 0.360. The number of hydrogen-bond donors (Lipinski definition) is 0. The van der Waals surface area contributed by atoms with Crippen molar-refractivity contribution in [2.45, 2.75) is 45.8 Å². The smallest absolute Gasteiger partial charge is 0.399 e. The van der Waals surface area contributed by atoms with Crippen LogP contribution in [0.4, 0.5) is 0 Å². The van der Waals surface area contributed by atoms with Crippen LogP contribution in [0, 0.1) is 6.92 Å². The highest BCUT2D eigenvalue weighted by Gasteiger charge is 2.52. The lowest BCUT2D eigenvalue weighted by Gasteiger charge is -2.32. The highest BCUT2D eigenvalue weighted by molar-refractivity contribution is 6.62. The molecule has 0 saturated carbocycles. The van der Waals surface area contributed by atoms with Gasteiger partial charge in [0.25, 0.3) is 0 Å². The fourth-order valence-corrected chi connectivity index (χ4v) is 2.69. The van der Waals surface area contributed by atoms with E-state index in [0.29, 0.717) is 5.02 Å². The van der Waals surface area contributed by atoms with Crippen molar-refractivity contribution in [2.24, 2.45) is 0 Å². The number of aromatic nitrogens is 2. The zero-order chi connectivity index (χ0) is 16.1. The van der Waals surface area contributed by atoms with Crippen molar-refractivity contribution in [1.29, 1.82) is 0 Å². The molecule has 0 bridgehead atoms. The topological polar surface area (TPSA) is 36.3 Å². The Balaban J connectivity index is 1.89. The van der Waals surface area contributed by atoms with Crippen molar-refractivity contribution in [1.82, 2.24) is 9.78 Å². The van der Waals surface area contributed by atoms with Gasteiger partial charge < -0.3 is 9.31 Å². The largest absolute Gasteiger partial charge is 0.498 e. The van der Waals surface area contributed by atoms with Crippen LogP contribution in [0.25, 0.3) is 5.69 Å².